The fourth-order valence-electron chi connectivity index (χ4n) is 1.01. The first-order valence-electron chi connectivity index (χ1n) is 5.01. The monoisotopic (exact) mass is 320 g/mol. The maximum Gasteiger partial charge on any atom is 0.222 e. The number of nitrogens with one attached hydrogen (secondary N) is 1. The van der Waals surface area contributed by atoms with Crippen LogP contribution in [0, 0.1) is 3.57 Å². The van der Waals surface area contributed by atoms with Gasteiger partial charge in [-0.25, -0.2) is 9.97 Å². The van der Waals surface area contributed by atoms with Crippen molar-refractivity contribution in [3.63, 3.8) is 0 Å². The van der Waals surface area contributed by atoms with E-state index >= 15 is 0 Å². The molecule has 5 heteroatoms. The highest BCUT2D eigenvalue weighted by Crippen LogP contribution is 2.02. The van der Waals surface area contributed by atoms with Crippen LogP contribution in [-0.4, -0.2) is 41.0 Å². The van der Waals surface area contributed by atoms with Crippen LogP contribution >= 0.6 is 22.6 Å². The van der Waals surface area contributed by atoms with Crippen molar-refractivity contribution in [3.05, 3.63) is 16.0 Å². The zero-order chi connectivity index (χ0) is 11.3. The summed E-state index contributed by atoms with van der Waals surface area (Å²) < 4.78 is 1.05. The molecule has 1 aromatic rings. The zero-order valence-electron chi connectivity index (χ0n) is 9.37. The molecule has 0 unspecified atom stereocenters. The van der Waals surface area contributed by atoms with E-state index in [0.29, 0.717) is 12.0 Å². The number of rotatable bonds is 5. The van der Waals surface area contributed by atoms with Crippen LogP contribution in [0.4, 0.5) is 5.95 Å². The van der Waals surface area contributed by atoms with E-state index in [1.165, 1.54) is 0 Å². The van der Waals surface area contributed by atoms with E-state index in [2.05, 4.69) is 63.7 Å². The molecule has 0 aliphatic rings. The molecule has 0 aromatic carbocycles. The van der Waals surface area contributed by atoms with Crippen LogP contribution in [0.3, 0.4) is 0 Å². The molecule has 0 radical (unpaired) electrons. The Morgan fingerprint density at radius 3 is 2.53 bits per heavy atom. The molecule has 1 N–H and O–H groups in total. The van der Waals surface area contributed by atoms with E-state index in [9.17, 15) is 0 Å². The Balaban J connectivity index is 2.29. The van der Waals surface area contributed by atoms with Gasteiger partial charge in [-0.1, -0.05) is 0 Å². The summed E-state index contributed by atoms with van der Waals surface area (Å²) in [4.78, 5) is 10.6. The van der Waals surface area contributed by atoms with Crippen LogP contribution in [0.1, 0.15) is 13.8 Å². The van der Waals surface area contributed by atoms with Crippen LogP contribution in [-0.2, 0) is 0 Å². The summed E-state index contributed by atoms with van der Waals surface area (Å²) in [6.07, 6.45) is 3.62. The Morgan fingerprint density at radius 2 is 2.00 bits per heavy atom. The summed E-state index contributed by atoms with van der Waals surface area (Å²) in [7, 11) is 2.11. The van der Waals surface area contributed by atoms with E-state index in [4.69, 9.17) is 0 Å². The van der Waals surface area contributed by atoms with Crippen molar-refractivity contribution in [2.75, 3.05) is 25.5 Å². The van der Waals surface area contributed by atoms with Gasteiger partial charge in [-0.3, -0.25) is 0 Å². The third-order valence-electron chi connectivity index (χ3n) is 2.25. The lowest BCUT2D eigenvalue weighted by Gasteiger charge is -2.20. The molecule has 0 bridgehead atoms. The highest BCUT2D eigenvalue weighted by atomic mass is 127. The second kappa shape index (κ2) is 6.22. The maximum absolute atomic E-state index is 4.17. The molecule has 0 fully saturated rings. The van der Waals surface area contributed by atoms with Gasteiger partial charge in [0.25, 0.3) is 0 Å². The summed E-state index contributed by atoms with van der Waals surface area (Å²) in [6, 6.07) is 0.574. The molecule has 4 nitrogen and oxygen atoms in total. The largest absolute Gasteiger partial charge is 0.353 e. The third kappa shape index (κ3) is 4.74. The number of nitrogens with zero attached hydrogens (tertiary/aromatic N) is 3. The van der Waals surface area contributed by atoms with Gasteiger partial charge in [-0.2, -0.15) is 0 Å². The van der Waals surface area contributed by atoms with Crippen LogP contribution in [0.5, 0.6) is 0 Å². The van der Waals surface area contributed by atoms with Gasteiger partial charge in [0.15, 0.2) is 0 Å². The van der Waals surface area contributed by atoms with Crippen molar-refractivity contribution in [1.82, 2.24) is 14.9 Å². The fourth-order valence-corrected chi connectivity index (χ4v) is 1.28. The Hall–Kier alpha value is -0.430. The Labute approximate surface area is 105 Å². The van der Waals surface area contributed by atoms with Gasteiger partial charge < -0.3 is 10.2 Å². The number of hydrogen-bond donors (Lipinski definition) is 1. The van der Waals surface area contributed by atoms with Crippen LogP contribution in [0.25, 0.3) is 0 Å². The average molecular weight is 320 g/mol. The van der Waals surface area contributed by atoms with Gasteiger partial charge in [-0.05, 0) is 43.5 Å². The molecule has 0 saturated carbocycles. The van der Waals surface area contributed by atoms with Crippen LogP contribution in [0.15, 0.2) is 12.4 Å². The molecule has 0 amide bonds. The molecule has 15 heavy (non-hydrogen) atoms. The summed E-state index contributed by atoms with van der Waals surface area (Å²) in [6.45, 7) is 6.23. The summed E-state index contributed by atoms with van der Waals surface area (Å²) in [5.41, 5.74) is 0. The molecule has 1 rings (SSSR count). The lowest BCUT2D eigenvalue weighted by atomic mass is 10.3. The topological polar surface area (TPSA) is 41.0 Å². The van der Waals surface area contributed by atoms with E-state index in [-0.39, 0.29) is 0 Å². The quantitative estimate of drug-likeness (QED) is 0.841. The number of anilines is 1. The van der Waals surface area contributed by atoms with Crippen LogP contribution < -0.4 is 5.32 Å². The van der Waals surface area contributed by atoms with E-state index in [1.54, 1.807) is 0 Å². The molecule has 1 aromatic heterocycles. The van der Waals surface area contributed by atoms with E-state index in [0.717, 1.165) is 16.7 Å². The summed E-state index contributed by atoms with van der Waals surface area (Å²) in [5, 5.41) is 3.19. The van der Waals surface area contributed by atoms with Gasteiger partial charge >= 0.3 is 0 Å². The van der Waals surface area contributed by atoms with E-state index in [1.807, 2.05) is 12.4 Å². The van der Waals surface area contributed by atoms with Crippen LogP contribution in [0.2, 0.25) is 0 Å². The number of hydrogen-bond acceptors (Lipinski definition) is 4. The second-order valence-corrected chi connectivity index (χ2v) is 4.97. The van der Waals surface area contributed by atoms with Crippen molar-refractivity contribution in [3.8, 4) is 0 Å². The van der Waals surface area contributed by atoms with Gasteiger partial charge in [0, 0.05) is 35.1 Å². The first-order chi connectivity index (χ1) is 7.09. The van der Waals surface area contributed by atoms with Gasteiger partial charge in [0.2, 0.25) is 5.95 Å². The zero-order valence-corrected chi connectivity index (χ0v) is 11.5. The molecular weight excluding hydrogens is 303 g/mol. The minimum absolute atomic E-state index is 0.574. The first kappa shape index (κ1) is 12.6. The SMILES string of the molecule is CC(C)N(C)CCNc1ncc(I)cn1. The summed E-state index contributed by atoms with van der Waals surface area (Å²) in [5.74, 6) is 0.701. The second-order valence-electron chi connectivity index (χ2n) is 3.73. The normalized spacial score (nSPS) is 11.1. The summed E-state index contributed by atoms with van der Waals surface area (Å²) >= 11 is 2.19. The van der Waals surface area contributed by atoms with E-state index < -0.39 is 0 Å². The standard InChI is InChI=1S/C10H17IN4/c1-8(2)15(3)5-4-12-10-13-6-9(11)7-14-10/h6-8H,4-5H2,1-3H3,(H,12,13,14). The van der Waals surface area contributed by atoms with Crippen molar-refractivity contribution in [1.29, 1.82) is 0 Å². The average Bonchev–Trinajstić information content (AvgIpc) is 2.20. The Morgan fingerprint density at radius 1 is 1.40 bits per heavy atom. The van der Waals surface area contributed by atoms with Crippen molar-refractivity contribution in [2.24, 2.45) is 0 Å². The van der Waals surface area contributed by atoms with Crippen molar-refractivity contribution >= 4 is 28.5 Å². The van der Waals surface area contributed by atoms with Crippen molar-refractivity contribution < 1.29 is 0 Å². The van der Waals surface area contributed by atoms with Gasteiger partial charge in [-0.15, -0.1) is 0 Å². The predicted octanol–water partition coefficient (Wildman–Crippen LogP) is 1.83. The lowest BCUT2D eigenvalue weighted by Crippen LogP contribution is -2.31. The maximum atomic E-state index is 4.17. The first-order valence-corrected chi connectivity index (χ1v) is 6.09. The number of likely N-dealkylation sites (N-methyl/N-ethyl adjacent to an activating group) is 1. The molecule has 0 aliphatic carbocycles. The molecule has 1 heterocycles. The minimum Gasteiger partial charge on any atom is -0.353 e. The molecule has 0 atom stereocenters. The smallest absolute Gasteiger partial charge is 0.222 e. The predicted molar refractivity (Wildman–Crippen MR) is 71.0 cm³/mol. The molecule has 84 valence electrons. The fraction of sp³-hybridized carbons (Fsp3) is 0.600. The van der Waals surface area contributed by atoms with Gasteiger partial charge in [0.05, 0.1) is 0 Å². The van der Waals surface area contributed by atoms with Crippen molar-refractivity contribution in [2.45, 2.75) is 19.9 Å². The highest BCUT2D eigenvalue weighted by Gasteiger charge is 2.02. The molecular formula is C10H17IN4. The van der Waals surface area contributed by atoms with Gasteiger partial charge in [0.1, 0.15) is 0 Å². The highest BCUT2D eigenvalue weighted by molar-refractivity contribution is 14.1. The molecule has 0 saturated heterocycles. The number of aromatic nitrogens is 2. The minimum atomic E-state index is 0.574. The Bertz CT molecular complexity index is 286. The molecule has 0 aliphatic heterocycles. The Kier molecular flexibility index (Phi) is 5.24. The number of halogens is 1. The third-order valence-corrected chi connectivity index (χ3v) is 2.81. The molecule has 0 spiro atoms. The lowest BCUT2D eigenvalue weighted by molar-refractivity contribution is 0.284.